The van der Waals surface area contributed by atoms with Gasteiger partial charge in [0.2, 0.25) is 0 Å². The van der Waals surface area contributed by atoms with Crippen molar-refractivity contribution in [3.05, 3.63) is 70.1 Å². The predicted octanol–water partition coefficient (Wildman–Crippen LogP) is 3.69. The molecule has 0 aliphatic carbocycles. The molecule has 0 fully saturated rings. The van der Waals surface area contributed by atoms with Crippen LogP contribution < -0.4 is 16.2 Å². The van der Waals surface area contributed by atoms with Crippen molar-refractivity contribution in [1.82, 2.24) is 20.1 Å². The third-order valence-corrected chi connectivity index (χ3v) is 5.35. The number of rotatable bonds is 11. The van der Waals surface area contributed by atoms with Crippen LogP contribution in [0.1, 0.15) is 44.7 Å². The molecule has 1 unspecified atom stereocenters. The van der Waals surface area contributed by atoms with Crippen LogP contribution in [0, 0.1) is 0 Å². The second-order valence-electron chi connectivity index (χ2n) is 7.62. The summed E-state index contributed by atoms with van der Waals surface area (Å²) in [7, 11) is 1.80. The van der Waals surface area contributed by atoms with Crippen molar-refractivity contribution in [2.75, 3.05) is 26.7 Å². The Bertz CT molecular complexity index is 830. The van der Waals surface area contributed by atoms with Crippen molar-refractivity contribution in [2.45, 2.75) is 52.7 Å². The molecule has 0 saturated heterocycles. The van der Waals surface area contributed by atoms with E-state index in [-0.39, 0.29) is 29.5 Å². The zero-order chi connectivity index (χ0) is 21.8. The van der Waals surface area contributed by atoms with Crippen LogP contribution in [-0.2, 0) is 13.1 Å². The predicted molar refractivity (Wildman–Crippen MR) is 141 cm³/mol. The van der Waals surface area contributed by atoms with E-state index in [4.69, 9.17) is 0 Å². The molecule has 2 rings (SSSR count). The Balaban J connectivity index is 0.00000480. The Morgan fingerprint density at radius 3 is 2.39 bits per heavy atom. The molecule has 172 valence electrons. The minimum absolute atomic E-state index is 0. The van der Waals surface area contributed by atoms with Gasteiger partial charge in [-0.2, -0.15) is 0 Å². The van der Waals surface area contributed by atoms with E-state index in [1.807, 2.05) is 12.3 Å². The van der Waals surface area contributed by atoms with Crippen LogP contribution in [0.5, 0.6) is 0 Å². The van der Waals surface area contributed by atoms with Crippen LogP contribution in [0.25, 0.3) is 0 Å². The van der Waals surface area contributed by atoms with Crippen LogP contribution in [0.4, 0.5) is 0 Å². The van der Waals surface area contributed by atoms with Crippen molar-refractivity contribution < 1.29 is 0 Å². The summed E-state index contributed by atoms with van der Waals surface area (Å²) >= 11 is 0. The van der Waals surface area contributed by atoms with E-state index in [9.17, 15) is 4.79 Å². The molecule has 2 N–H and O–H groups in total. The molecule has 6 nitrogen and oxygen atoms in total. The average molecular weight is 540 g/mol. The first-order valence-corrected chi connectivity index (χ1v) is 11.0. The van der Waals surface area contributed by atoms with Gasteiger partial charge in [0.05, 0.1) is 6.54 Å². The molecule has 0 bridgehead atoms. The molecular formula is C24H38IN5O. The maximum atomic E-state index is 11.8. The highest BCUT2D eigenvalue weighted by Crippen LogP contribution is 2.06. The molecular weight excluding hydrogens is 501 g/mol. The minimum Gasteiger partial charge on any atom is -0.354 e. The van der Waals surface area contributed by atoms with Crippen LogP contribution in [0.3, 0.4) is 0 Å². The Hall–Kier alpha value is -1.87. The molecule has 2 aromatic rings. The van der Waals surface area contributed by atoms with E-state index in [1.54, 1.807) is 23.7 Å². The maximum absolute atomic E-state index is 11.8. The van der Waals surface area contributed by atoms with Gasteiger partial charge >= 0.3 is 0 Å². The van der Waals surface area contributed by atoms with Crippen molar-refractivity contribution in [3.63, 3.8) is 0 Å². The van der Waals surface area contributed by atoms with E-state index in [0.717, 1.165) is 37.6 Å². The zero-order valence-corrected chi connectivity index (χ0v) is 21.6. The lowest BCUT2D eigenvalue weighted by molar-refractivity contribution is 0.292. The van der Waals surface area contributed by atoms with Gasteiger partial charge in [-0.3, -0.25) is 9.79 Å². The van der Waals surface area contributed by atoms with E-state index in [1.165, 1.54) is 12.0 Å². The second-order valence-corrected chi connectivity index (χ2v) is 7.62. The number of pyridine rings is 1. The lowest BCUT2D eigenvalue weighted by atomic mass is 10.1. The van der Waals surface area contributed by atoms with Crippen LogP contribution >= 0.6 is 24.0 Å². The van der Waals surface area contributed by atoms with Gasteiger partial charge in [-0.05, 0) is 56.6 Å². The number of hydrogen-bond acceptors (Lipinski definition) is 3. The van der Waals surface area contributed by atoms with Gasteiger partial charge in [0.25, 0.3) is 5.56 Å². The molecule has 0 spiro atoms. The molecule has 0 aliphatic heterocycles. The quantitative estimate of drug-likeness (QED) is 0.260. The highest BCUT2D eigenvalue weighted by molar-refractivity contribution is 14.0. The molecule has 7 heteroatoms. The molecule has 0 amide bonds. The number of guanidine groups is 1. The summed E-state index contributed by atoms with van der Waals surface area (Å²) < 4.78 is 1.71. The van der Waals surface area contributed by atoms with Crippen LogP contribution in [0.15, 0.2) is 58.4 Å². The summed E-state index contributed by atoms with van der Waals surface area (Å²) in [4.78, 5) is 18.7. The first kappa shape index (κ1) is 27.2. The van der Waals surface area contributed by atoms with E-state index in [0.29, 0.717) is 19.1 Å². The van der Waals surface area contributed by atoms with Gasteiger partial charge in [-0.1, -0.05) is 44.2 Å². The van der Waals surface area contributed by atoms with E-state index < -0.39 is 0 Å². The lowest BCUT2D eigenvalue weighted by Gasteiger charge is -2.21. The van der Waals surface area contributed by atoms with Gasteiger partial charge in [0, 0.05) is 31.9 Å². The molecule has 1 aromatic heterocycles. The molecule has 1 atom stereocenters. The minimum atomic E-state index is 0. The largest absolute Gasteiger partial charge is 0.354 e. The van der Waals surface area contributed by atoms with Gasteiger partial charge in [0.15, 0.2) is 5.96 Å². The van der Waals surface area contributed by atoms with Gasteiger partial charge in [-0.25, -0.2) is 0 Å². The monoisotopic (exact) mass is 539 g/mol. The number of aromatic nitrogens is 1. The molecule has 0 radical (unpaired) electrons. The Kier molecular flexibility index (Phi) is 13.2. The summed E-state index contributed by atoms with van der Waals surface area (Å²) in [6, 6.07) is 13.9. The number of aliphatic imine (C=N–C) groups is 1. The third kappa shape index (κ3) is 9.86. The first-order valence-electron chi connectivity index (χ1n) is 11.0. The Morgan fingerprint density at radius 2 is 1.77 bits per heavy atom. The van der Waals surface area contributed by atoms with Crippen molar-refractivity contribution in [2.24, 2.45) is 4.99 Å². The highest BCUT2D eigenvalue weighted by atomic mass is 127. The number of benzene rings is 1. The normalized spacial score (nSPS) is 12.4. The molecule has 31 heavy (non-hydrogen) atoms. The summed E-state index contributed by atoms with van der Waals surface area (Å²) in [6.07, 6.45) is 4.11. The molecule has 1 heterocycles. The smallest absolute Gasteiger partial charge is 0.250 e. The lowest BCUT2D eigenvalue weighted by Crippen LogP contribution is -2.42. The van der Waals surface area contributed by atoms with Gasteiger partial charge in [0.1, 0.15) is 0 Å². The van der Waals surface area contributed by atoms with Gasteiger partial charge < -0.3 is 20.1 Å². The number of halogens is 1. The van der Waals surface area contributed by atoms with Crippen molar-refractivity contribution in [3.8, 4) is 0 Å². The van der Waals surface area contributed by atoms with Crippen molar-refractivity contribution in [1.29, 1.82) is 0 Å². The zero-order valence-electron chi connectivity index (χ0n) is 19.3. The topological polar surface area (TPSA) is 61.7 Å². The molecule has 1 aromatic carbocycles. The summed E-state index contributed by atoms with van der Waals surface area (Å²) in [5.41, 5.74) is 2.30. The third-order valence-electron chi connectivity index (χ3n) is 5.35. The van der Waals surface area contributed by atoms with E-state index >= 15 is 0 Å². The molecule has 0 saturated carbocycles. The summed E-state index contributed by atoms with van der Waals surface area (Å²) in [5, 5.41) is 6.87. The van der Waals surface area contributed by atoms with Crippen LogP contribution in [0.2, 0.25) is 0 Å². The summed E-state index contributed by atoms with van der Waals surface area (Å²) in [5.74, 6) is 0.824. The van der Waals surface area contributed by atoms with Crippen LogP contribution in [-0.4, -0.2) is 48.2 Å². The summed E-state index contributed by atoms with van der Waals surface area (Å²) in [6.45, 7) is 11.3. The van der Waals surface area contributed by atoms with E-state index in [2.05, 4.69) is 65.6 Å². The maximum Gasteiger partial charge on any atom is 0.250 e. The highest BCUT2D eigenvalue weighted by Gasteiger charge is 2.07. The average Bonchev–Trinajstić information content (AvgIpc) is 2.76. The number of nitrogens with one attached hydrogen (secondary N) is 2. The van der Waals surface area contributed by atoms with Gasteiger partial charge in [-0.15, -0.1) is 24.0 Å². The number of nitrogens with zero attached hydrogens (tertiary/aromatic N) is 3. The Labute approximate surface area is 204 Å². The fraction of sp³-hybridized carbons (Fsp3) is 0.500. The number of hydrogen-bond donors (Lipinski definition) is 2. The fourth-order valence-electron chi connectivity index (χ4n) is 3.40. The fourth-order valence-corrected chi connectivity index (χ4v) is 3.40. The second kappa shape index (κ2) is 15.0. The first-order chi connectivity index (χ1) is 14.5. The Morgan fingerprint density at radius 1 is 1.10 bits per heavy atom. The SMILES string of the molecule is CCN(CC)CCCC(C)NC(=NC)NCc1ccc(Cn2ccccc2=O)cc1.I. The standard InChI is InChI=1S/C24H37N5O.HI/c1-5-28(6-2)16-9-10-20(3)27-24(25-4)26-18-21-12-14-22(15-13-21)19-29-17-8-7-11-23(29)30;/h7-8,11-15,17,20H,5-6,9-10,16,18-19H2,1-4H3,(H2,25,26,27);1H. The molecule has 0 aliphatic rings. The van der Waals surface area contributed by atoms with Crippen molar-refractivity contribution >= 4 is 29.9 Å².